The van der Waals surface area contributed by atoms with Crippen LogP contribution in [-0.4, -0.2) is 21.9 Å². The van der Waals surface area contributed by atoms with Crippen LogP contribution < -0.4 is 14.8 Å². The lowest BCUT2D eigenvalue weighted by atomic mass is 10.1. The fourth-order valence-electron chi connectivity index (χ4n) is 4.02. The smallest absolute Gasteiger partial charge is 0.161 e. The molecule has 0 radical (unpaired) electrons. The van der Waals surface area contributed by atoms with Crippen LogP contribution in [-0.2, 0) is 19.7 Å². The van der Waals surface area contributed by atoms with Crippen molar-refractivity contribution in [2.75, 3.05) is 7.11 Å². The second-order valence-electron chi connectivity index (χ2n) is 8.39. The molecule has 3 aromatic carbocycles. The van der Waals surface area contributed by atoms with Crippen molar-refractivity contribution in [3.8, 4) is 28.4 Å². The Balaban J connectivity index is 1.31. The van der Waals surface area contributed by atoms with Gasteiger partial charge < -0.3 is 14.8 Å². The number of nitrogens with one attached hydrogen (secondary N) is 1. The summed E-state index contributed by atoms with van der Waals surface area (Å²) in [6.45, 7) is 1.78. The first kappa shape index (κ1) is 23.3. The van der Waals surface area contributed by atoms with Crippen LogP contribution in [0.1, 0.15) is 16.7 Å². The van der Waals surface area contributed by atoms with E-state index in [9.17, 15) is 0 Å². The van der Waals surface area contributed by atoms with E-state index in [0.29, 0.717) is 31.2 Å². The van der Waals surface area contributed by atoms with Gasteiger partial charge in [-0.25, -0.2) is 4.68 Å². The minimum atomic E-state index is 0.431. The molecule has 0 unspecified atom stereocenters. The van der Waals surface area contributed by atoms with Gasteiger partial charge >= 0.3 is 0 Å². The highest BCUT2D eigenvalue weighted by Gasteiger charge is 2.13. The van der Waals surface area contributed by atoms with E-state index in [4.69, 9.17) is 14.6 Å². The fourth-order valence-corrected chi connectivity index (χ4v) is 4.02. The molecule has 0 saturated carbocycles. The molecule has 180 valence electrons. The van der Waals surface area contributed by atoms with E-state index < -0.39 is 0 Å². The van der Waals surface area contributed by atoms with Gasteiger partial charge in [0.2, 0.25) is 0 Å². The highest BCUT2D eigenvalue weighted by Crippen LogP contribution is 2.29. The third kappa shape index (κ3) is 5.62. The number of pyridine rings is 1. The molecule has 0 aliphatic rings. The zero-order chi connectivity index (χ0) is 24.6. The predicted molar refractivity (Wildman–Crippen MR) is 141 cm³/mol. The minimum Gasteiger partial charge on any atom is -0.493 e. The van der Waals surface area contributed by atoms with E-state index in [2.05, 4.69) is 40.8 Å². The highest BCUT2D eigenvalue weighted by molar-refractivity contribution is 5.63. The van der Waals surface area contributed by atoms with Gasteiger partial charge in [0.1, 0.15) is 6.61 Å². The van der Waals surface area contributed by atoms with Gasteiger partial charge in [0.25, 0.3) is 0 Å². The van der Waals surface area contributed by atoms with Crippen molar-refractivity contribution in [3.63, 3.8) is 0 Å². The molecule has 36 heavy (non-hydrogen) atoms. The van der Waals surface area contributed by atoms with Crippen molar-refractivity contribution < 1.29 is 9.47 Å². The second-order valence-corrected chi connectivity index (χ2v) is 8.39. The van der Waals surface area contributed by atoms with Gasteiger partial charge in [-0.1, -0.05) is 60.7 Å². The first-order valence-electron chi connectivity index (χ1n) is 11.9. The Hall–Kier alpha value is -4.42. The van der Waals surface area contributed by atoms with Crippen LogP contribution in [0, 0.1) is 0 Å². The number of nitrogens with zero attached hydrogens (tertiary/aromatic N) is 3. The Morgan fingerprint density at radius 1 is 0.806 bits per heavy atom. The molecule has 5 rings (SSSR count). The molecule has 6 heteroatoms. The van der Waals surface area contributed by atoms with Gasteiger partial charge in [0, 0.05) is 48.4 Å². The zero-order valence-electron chi connectivity index (χ0n) is 20.2. The number of ether oxygens (including phenoxy) is 2. The maximum absolute atomic E-state index is 6.04. The van der Waals surface area contributed by atoms with Crippen LogP contribution in [0.2, 0.25) is 0 Å². The molecule has 2 aromatic heterocycles. The maximum atomic E-state index is 6.04. The normalized spacial score (nSPS) is 10.8. The maximum Gasteiger partial charge on any atom is 0.161 e. The second kappa shape index (κ2) is 11.3. The van der Waals surface area contributed by atoms with Crippen molar-refractivity contribution in [2.24, 2.45) is 0 Å². The number of aromatic nitrogens is 3. The minimum absolute atomic E-state index is 0.431. The summed E-state index contributed by atoms with van der Waals surface area (Å²) in [7, 11) is 1.65. The van der Waals surface area contributed by atoms with E-state index >= 15 is 0 Å². The van der Waals surface area contributed by atoms with E-state index in [0.717, 1.165) is 33.6 Å². The lowest BCUT2D eigenvalue weighted by Gasteiger charge is -2.13. The van der Waals surface area contributed by atoms with Crippen LogP contribution in [0.15, 0.2) is 110 Å². The molecule has 0 aliphatic heterocycles. The Labute approximate surface area is 211 Å². The van der Waals surface area contributed by atoms with E-state index in [1.165, 1.54) is 0 Å². The monoisotopic (exact) mass is 476 g/mol. The lowest BCUT2D eigenvalue weighted by Crippen LogP contribution is -2.13. The molecule has 0 bridgehead atoms. The number of hydrogen-bond donors (Lipinski definition) is 1. The van der Waals surface area contributed by atoms with Gasteiger partial charge in [-0.2, -0.15) is 5.10 Å². The molecule has 1 N–H and O–H groups in total. The molecular weight excluding hydrogens is 448 g/mol. The lowest BCUT2D eigenvalue weighted by molar-refractivity contribution is 0.283. The molecule has 0 fully saturated rings. The van der Waals surface area contributed by atoms with Crippen molar-refractivity contribution in [1.29, 1.82) is 0 Å². The van der Waals surface area contributed by atoms with Gasteiger partial charge in [-0.3, -0.25) is 4.98 Å². The number of benzene rings is 3. The predicted octanol–water partition coefficient (Wildman–Crippen LogP) is 5.81. The quantitative estimate of drug-likeness (QED) is 0.276. The third-order valence-corrected chi connectivity index (χ3v) is 5.85. The summed E-state index contributed by atoms with van der Waals surface area (Å²) in [6, 6.07) is 30.4. The molecule has 0 amide bonds. The van der Waals surface area contributed by atoms with Crippen LogP contribution in [0.4, 0.5) is 0 Å². The summed E-state index contributed by atoms with van der Waals surface area (Å²) in [5.41, 5.74) is 6.35. The Bertz CT molecular complexity index is 1390. The number of methoxy groups -OCH3 is 1. The van der Waals surface area contributed by atoms with E-state index in [1.807, 2.05) is 71.4 Å². The SMILES string of the molecule is COc1ccc(CNCc2cn(-c3ccccc3)nc2-c2ccccc2)cc1OCc1cccnc1. The molecule has 0 atom stereocenters. The summed E-state index contributed by atoms with van der Waals surface area (Å²) < 4.78 is 13.5. The highest BCUT2D eigenvalue weighted by atomic mass is 16.5. The fraction of sp³-hybridized carbons (Fsp3) is 0.133. The molecular formula is C30H28N4O2. The Kier molecular flexibility index (Phi) is 7.35. The van der Waals surface area contributed by atoms with Gasteiger partial charge in [0.15, 0.2) is 11.5 Å². The molecule has 5 aromatic rings. The summed E-state index contributed by atoms with van der Waals surface area (Å²) in [5, 5.41) is 8.47. The van der Waals surface area contributed by atoms with Gasteiger partial charge in [-0.15, -0.1) is 0 Å². The standard InChI is InChI=1S/C30H28N4O2/c1-35-28-15-14-23(17-29(28)36-22-24-9-8-16-31-19-24)18-32-20-26-21-34(27-12-6-3-7-13-27)33-30(26)25-10-4-2-5-11-25/h2-17,19,21,32H,18,20,22H2,1H3. The van der Waals surface area contributed by atoms with Crippen LogP contribution >= 0.6 is 0 Å². The average Bonchev–Trinajstić information content (AvgIpc) is 3.38. The average molecular weight is 477 g/mol. The summed E-state index contributed by atoms with van der Waals surface area (Å²) in [5.74, 6) is 1.42. The molecule has 0 aliphatic carbocycles. The van der Waals surface area contributed by atoms with Crippen molar-refractivity contribution in [3.05, 3.63) is 126 Å². The summed E-state index contributed by atoms with van der Waals surface area (Å²) in [4.78, 5) is 4.15. The topological polar surface area (TPSA) is 61.2 Å². The van der Waals surface area contributed by atoms with Crippen molar-refractivity contribution >= 4 is 0 Å². The van der Waals surface area contributed by atoms with Crippen molar-refractivity contribution in [1.82, 2.24) is 20.1 Å². The van der Waals surface area contributed by atoms with E-state index in [1.54, 1.807) is 19.5 Å². The number of rotatable bonds is 10. The first-order valence-corrected chi connectivity index (χ1v) is 11.9. The Morgan fingerprint density at radius 2 is 1.61 bits per heavy atom. The molecule has 6 nitrogen and oxygen atoms in total. The first-order chi connectivity index (χ1) is 17.8. The third-order valence-electron chi connectivity index (χ3n) is 5.85. The summed E-state index contributed by atoms with van der Waals surface area (Å²) >= 11 is 0. The molecule has 2 heterocycles. The molecule has 0 saturated heterocycles. The number of para-hydroxylation sites is 1. The van der Waals surface area contributed by atoms with Gasteiger partial charge in [0.05, 0.1) is 18.5 Å². The van der Waals surface area contributed by atoms with Crippen LogP contribution in [0.5, 0.6) is 11.5 Å². The molecule has 0 spiro atoms. The largest absolute Gasteiger partial charge is 0.493 e. The van der Waals surface area contributed by atoms with Crippen molar-refractivity contribution in [2.45, 2.75) is 19.7 Å². The van der Waals surface area contributed by atoms with Crippen LogP contribution in [0.3, 0.4) is 0 Å². The van der Waals surface area contributed by atoms with E-state index in [-0.39, 0.29) is 0 Å². The van der Waals surface area contributed by atoms with Gasteiger partial charge in [-0.05, 0) is 35.9 Å². The Morgan fingerprint density at radius 3 is 2.36 bits per heavy atom. The summed E-state index contributed by atoms with van der Waals surface area (Å²) in [6.07, 6.45) is 5.65. The van der Waals surface area contributed by atoms with Crippen LogP contribution in [0.25, 0.3) is 16.9 Å². The number of hydrogen-bond acceptors (Lipinski definition) is 5. The zero-order valence-corrected chi connectivity index (χ0v) is 20.2.